The van der Waals surface area contributed by atoms with Crippen molar-refractivity contribution in [3.63, 3.8) is 0 Å². The Morgan fingerprint density at radius 2 is 1.77 bits per heavy atom. The largest absolute Gasteiger partial charge is 0.491 e. The summed E-state index contributed by atoms with van der Waals surface area (Å²) in [4.78, 5) is 15.5. The van der Waals surface area contributed by atoms with Crippen molar-refractivity contribution in [2.45, 2.75) is 82.9 Å². The summed E-state index contributed by atoms with van der Waals surface area (Å²) in [5.41, 5.74) is 4.97. The Labute approximate surface area is 210 Å². The van der Waals surface area contributed by atoms with Gasteiger partial charge in [-0.25, -0.2) is 0 Å². The number of carbonyl (C=O) groups excluding carboxylic acids is 1. The van der Waals surface area contributed by atoms with Crippen LogP contribution < -0.4 is 10.1 Å². The van der Waals surface area contributed by atoms with Crippen LogP contribution in [-0.4, -0.2) is 49.3 Å². The Kier molecular flexibility index (Phi) is 8.37. The number of benzene rings is 2. The van der Waals surface area contributed by atoms with Crippen LogP contribution in [0.4, 0.5) is 0 Å². The first-order chi connectivity index (χ1) is 17.2. The highest BCUT2D eigenvalue weighted by Crippen LogP contribution is 2.25. The fraction of sp³-hybridized carbons (Fsp3) is 0.567. The number of carbonyl (C=O) groups is 1. The molecular weight excluding hydrogens is 436 g/mol. The van der Waals surface area contributed by atoms with Crippen molar-refractivity contribution < 1.29 is 14.3 Å². The fourth-order valence-electron chi connectivity index (χ4n) is 5.68. The summed E-state index contributed by atoms with van der Waals surface area (Å²) in [7, 11) is 0. The van der Waals surface area contributed by atoms with Crippen LogP contribution in [0.2, 0.25) is 0 Å². The number of fused-ring (bicyclic) bond motifs is 1. The molecule has 2 heterocycles. The van der Waals surface area contributed by atoms with Crippen LogP contribution >= 0.6 is 0 Å². The van der Waals surface area contributed by atoms with Crippen molar-refractivity contribution in [1.29, 1.82) is 0 Å². The van der Waals surface area contributed by atoms with Gasteiger partial charge in [0.2, 0.25) is 0 Å². The zero-order chi connectivity index (χ0) is 23.9. The van der Waals surface area contributed by atoms with E-state index in [1.54, 1.807) is 0 Å². The first-order valence-corrected chi connectivity index (χ1v) is 13.7. The van der Waals surface area contributed by atoms with E-state index in [-0.39, 0.29) is 18.1 Å². The van der Waals surface area contributed by atoms with Gasteiger partial charge in [0.05, 0.1) is 6.10 Å². The molecule has 3 aliphatic rings. The lowest BCUT2D eigenvalue weighted by Crippen LogP contribution is -2.38. The fourth-order valence-corrected chi connectivity index (χ4v) is 5.68. The molecule has 0 bridgehead atoms. The highest BCUT2D eigenvalue weighted by Gasteiger charge is 2.22. The van der Waals surface area contributed by atoms with E-state index in [0.29, 0.717) is 12.2 Å². The SMILES string of the molecule is O=C(N[C@H]1CCc2cc(CN3CCCCCC3)ccc2C1)c1ccc(OCC2CCCCO2)cc1. The van der Waals surface area contributed by atoms with E-state index in [0.717, 1.165) is 51.0 Å². The third-order valence-electron chi connectivity index (χ3n) is 7.77. The number of hydrogen-bond donors (Lipinski definition) is 1. The first-order valence-electron chi connectivity index (χ1n) is 13.7. The van der Waals surface area contributed by atoms with Gasteiger partial charge in [0.25, 0.3) is 5.91 Å². The van der Waals surface area contributed by atoms with Gasteiger partial charge in [-0.05, 0) is 105 Å². The van der Waals surface area contributed by atoms with Gasteiger partial charge >= 0.3 is 0 Å². The molecule has 1 amide bonds. The molecule has 5 heteroatoms. The Hall–Kier alpha value is -2.37. The van der Waals surface area contributed by atoms with E-state index < -0.39 is 0 Å². The van der Waals surface area contributed by atoms with E-state index in [2.05, 4.69) is 28.4 Å². The predicted octanol–water partition coefficient (Wildman–Crippen LogP) is 5.30. The van der Waals surface area contributed by atoms with Gasteiger partial charge in [-0.3, -0.25) is 9.69 Å². The highest BCUT2D eigenvalue weighted by molar-refractivity contribution is 5.94. The van der Waals surface area contributed by atoms with E-state index >= 15 is 0 Å². The van der Waals surface area contributed by atoms with Crippen LogP contribution in [0.15, 0.2) is 42.5 Å². The molecule has 188 valence electrons. The lowest BCUT2D eigenvalue weighted by molar-refractivity contribution is -0.0110. The smallest absolute Gasteiger partial charge is 0.251 e. The second-order valence-electron chi connectivity index (χ2n) is 10.5. The summed E-state index contributed by atoms with van der Waals surface area (Å²) in [5.74, 6) is 0.789. The van der Waals surface area contributed by atoms with Crippen LogP contribution in [-0.2, 0) is 24.1 Å². The first kappa shape index (κ1) is 24.3. The molecule has 2 aromatic carbocycles. The molecule has 35 heavy (non-hydrogen) atoms. The van der Waals surface area contributed by atoms with Gasteiger partial charge in [0.15, 0.2) is 0 Å². The molecule has 5 nitrogen and oxygen atoms in total. The van der Waals surface area contributed by atoms with Gasteiger partial charge in [-0.2, -0.15) is 0 Å². The van der Waals surface area contributed by atoms with Crippen molar-refractivity contribution >= 4 is 5.91 Å². The van der Waals surface area contributed by atoms with E-state index in [4.69, 9.17) is 9.47 Å². The van der Waals surface area contributed by atoms with Crippen LogP contribution in [0.25, 0.3) is 0 Å². The van der Waals surface area contributed by atoms with Crippen molar-refractivity contribution in [2.24, 2.45) is 0 Å². The number of likely N-dealkylation sites (tertiary alicyclic amines) is 1. The normalized spacial score (nSPS) is 23.2. The highest BCUT2D eigenvalue weighted by atomic mass is 16.5. The zero-order valence-electron chi connectivity index (χ0n) is 21.0. The number of amides is 1. The van der Waals surface area contributed by atoms with Gasteiger partial charge in [-0.1, -0.05) is 31.0 Å². The molecular formula is C30H40N2O3. The monoisotopic (exact) mass is 476 g/mol. The molecule has 0 spiro atoms. The van der Waals surface area contributed by atoms with Crippen molar-refractivity contribution in [2.75, 3.05) is 26.3 Å². The third kappa shape index (κ3) is 6.86. The average molecular weight is 477 g/mol. The molecule has 1 N–H and O–H groups in total. The number of aryl methyl sites for hydroxylation is 1. The van der Waals surface area contributed by atoms with Crippen LogP contribution in [0.5, 0.6) is 5.75 Å². The minimum Gasteiger partial charge on any atom is -0.491 e. The minimum absolute atomic E-state index is 0.00148. The number of rotatable bonds is 7. The van der Waals surface area contributed by atoms with Crippen LogP contribution in [0.3, 0.4) is 0 Å². The maximum Gasteiger partial charge on any atom is 0.251 e. The summed E-state index contributed by atoms with van der Waals surface area (Å²) in [5, 5.41) is 3.26. The third-order valence-corrected chi connectivity index (χ3v) is 7.77. The summed E-state index contributed by atoms with van der Waals surface area (Å²) >= 11 is 0. The molecule has 2 aromatic rings. The van der Waals surface area contributed by atoms with E-state index in [1.807, 2.05) is 24.3 Å². The Morgan fingerprint density at radius 1 is 0.943 bits per heavy atom. The summed E-state index contributed by atoms with van der Waals surface area (Å²) < 4.78 is 11.6. The molecule has 1 unspecified atom stereocenters. The number of nitrogens with zero attached hydrogens (tertiary/aromatic N) is 1. The molecule has 2 saturated heterocycles. The standard InChI is InChI=1S/C30H40N2O3/c33-30(24-11-14-28(15-12-24)35-22-29-7-3-6-18-34-29)31-27-13-10-25-19-23(8-9-26(25)20-27)21-32-16-4-1-2-5-17-32/h8-9,11-12,14-15,19,27,29H,1-7,10,13,16-18,20-22H2,(H,31,33)/t27-,29?/m0/s1. The Morgan fingerprint density at radius 3 is 2.54 bits per heavy atom. The molecule has 5 rings (SSSR count). The average Bonchev–Trinajstić information content (AvgIpc) is 3.17. The summed E-state index contributed by atoms with van der Waals surface area (Å²) in [6, 6.07) is 14.7. The van der Waals surface area contributed by atoms with Crippen molar-refractivity contribution in [1.82, 2.24) is 10.2 Å². The molecule has 0 radical (unpaired) electrons. The molecule has 0 saturated carbocycles. The second kappa shape index (κ2) is 12.0. The lowest BCUT2D eigenvalue weighted by atomic mass is 9.87. The van der Waals surface area contributed by atoms with Gasteiger partial charge in [0, 0.05) is 24.8 Å². The quantitative estimate of drug-likeness (QED) is 0.589. The summed E-state index contributed by atoms with van der Waals surface area (Å²) in [6.07, 6.45) is 12.0. The number of ether oxygens (including phenoxy) is 2. The predicted molar refractivity (Wildman–Crippen MR) is 139 cm³/mol. The van der Waals surface area contributed by atoms with Gasteiger partial charge < -0.3 is 14.8 Å². The zero-order valence-corrected chi connectivity index (χ0v) is 21.0. The Bertz CT molecular complexity index is 960. The molecule has 1 aliphatic carbocycles. The molecule has 2 fully saturated rings. The molecule has 2 atom stereocenters. The maximum absolute atomic E-state index is 12.9. The molecule has 2 aliphatic heterocycles. The molecule has 0 aromatic heterocycles. The minimum atomic E-state index is -0.00148. The second-order valence-corrected chi connectivity index (χ2v) is 10.5. The van der Waals surface area contributed by atoms with Crippen LogP contribution in [0, 0.1) is 0 Å². The summed E-state index contributed by atoms with van der Waals surface area (Å²) in [6.45, 7) is 4.94. The topological polar surface area (TPSA) is 50.8 Å². The van der Waals surface area contributed by atoms with Gasteiger partial charge in [-0.15, -0.1) is 0 Å². The van der Waals surface area contributed by atoms with Crippen molar-refractivity contribution in [3.05, 3.63) is 64.7 Å². The van der Waals surface area contributed by atoms with E-state index in [1.165, 1.54) is 61.9 Å². The maximum atomic E-state index is 12.9. The van der Waals surface area contributed by atoms with E-state index in [9.17, 15) is 4.79 Å². The van der Waals surface area contributed by atoms with Gasteiger partial charge in [0.1, 0.15) is 12.4 Å². The lowest BCUT2D eigenvalue weighted by Gasteiger charge is -2.27. The number of hydrogen-bond acceptors (Lipinski definition) is 4. The number of nitrogens with one attached hydrogen (secondary N) is 1. The Balaban J connectivity index is 1.10. The van der Waals surface area contributed by atoms with Crippen LogP contribution in [0.1, 0.15) is 78.4 Å². The van der Waals surface area contributed by atoms with Crippen molar-refractivity contribution in [3.8, 4) is 5.75 Å².